The quantitative estimate of drug-likeness (QED) is 0.380. The third-order valence-corrected chi connectivity index (χ3v) is 5.12. The number of nitrogens with zero attached hydrogens (tertiary/aromatic N) is 2. The minimum Gasteiger partial charge on any atom is -0.409 e. The summed E-state index contributed by atoms with van der Waals surface area (Å²) in [5.41, 5.74) is 5.06. The van der Waals surface area contributed by atoms with Gasteiger partial charge in [0.2, 0.25) is 5.91 Å². The van der Waals surface area contributed by atoms with Crippen molar-refractivity contribution in [1.29, 1.82) is 0 Å². The molecule has 21 heavy (non-hydrogen) atoms. The van der Waals surface area contributed by atoms with Crippen molar-refractivity contribution in [1.82, 2.24) is 4.90 Å². The summed E-state index contributed by atoms with van der Waals surface area (Å²) in [7, 11) is 0. The maximum atomic E-state index is 13.1. The van der Waals surface area contributed by atoms with Gasteiger partial charge in [0.15, 0.2) is 5.84 Å². The number of hydrogen-bond donors (Lipinski definition) is 2. The molecule has 0 saturated heterocycles. The third-order valence-electron chi connectivity index (χ3n) is 4.26. The molecular formula is C15H23N3O2S. The third kappa shape index (κ3) is 3.05. The lowest BCUT2D eigenvalue weighted by molar-refractivity contribution is -0.140. The minimum atomic E-state index is -0.823. The van der Waals surface area contributed by atoms with Crippen LogP contribution in [0.2, 0.25) is 0 Å². The van der Waals surface area contributed by atoms with E-state index in [1.54, 1.807) is 11.3 Å². The predicted octanol–water partition coefficient (Wildman–Crippen LogP) is 2.79. The molecule has 0 aromatic carbocycles. The summed E-state index contributed by atoms with van der Waals surface area (Å²) in [6.45, 7) is 4.58. The Balaban J connectivity index is 2.28. The molecule has 1 saturated carbocycles. The van der Waals surface area contributed by atoms with Gasteiger partial charge >= 0.3 is 0 Å². The monoisotopic (exact) mass is 309 g/mol. The van der Waals surface area contributed by atoms with Gasteiger partial charge in [-0.1, -0.05) is 24.1 Å². The largest absolute Gasteiger partial charge is 0.409 e. The molecule has 0 radical (unpaired) electrons. The van der Waals surface area contributed by atoms with Crippen LogP contribution in [-0.2, 0) is 11.3 Å². The zero-order chi connectivity index (χ0) is 15.5. The van der Waals surface area contributed by atoms with Crippen LogP contribution in [0.4, 0.5) is 0 Å². The number of nitrogens with two attached hydrogens (primary N) is 1. The Kier molecular flexibility index (Phi) is 4.88. The van der Waals surface area contributed by atoms with E-state index >= 15 is 0 Å². The molecule has 1 amide bonds. The number of carbonyl (C=O) groups is 1. The Morgan fingerprint density at radius 3 is 2.67 bits per heavy atom. The van der Waals surface area contributed by atoms with Gasteiger partial charge in [0.1, 0.15) is 5.41 Å². The van der Waals surface area contributed by atoms with Crippen LogP contribution in [0, 0.1) is 5.41 Å². The first-order chi connectivity index (χ1) is 10.0. The van der Waals surface area contributed by atoms with Crippen molar-refractivity contribution in [2.45, 2.75) is 52.1 Å². The average molecular weight is 309 g/mol. The number of oxime groups is 1. The van der Waals surface area contributed by atoms with Gasteiger partial charge in [-0.15, -0.1) is 11.3 Å². The maximum Gasteiger partial charge on any atom is 0.237 e. The van der Waals surface area contributed by atoms with Crippen molar-refractivity contribution >= 4 is 23.1 Å². The number of amidine groups is 1. The summed E-state index contributed by atoms with van der Waals surface area (Å²) in [5, 5.41) is 14.2. The number of rotatable bonds is 5. The number of thiophene rings is 1. The number of carbonyl (C=O) groups excluding carboxylic acids is 1. The molecule has 1 aromatic heterocycles. The van der Waals surface area contributed by atoms with E-state index in [4.69, 9.17) is 10.9 Å². The number of amides is 1. The van der Waals surface area contributed by atoms with Crippen LogP contribution in [0.5, 0.6) is 0 Å². The summed E-state index contributed by atoms with van der Waals surface area (Å²) >= 11 is 1.64. The summed E-state index contributed by atoms with van der Waals surface area (Å²) in [6.07, 6.45) is 3.20. The van der Waals surface area contributed by atoms with Gasteiger partial charge in [-0.2, -0.15) is 0 Å². The summed E-state index contributed by atoms with van der Waals surface area (Å²) in [4.78, 5) is 16.1. The molecule has 1 aliphatic rings. The lowest BCUT2D eigenvalue weighted by atomic mass is 9.82. The van der Waals surface area contributed by atoms with Gasteiger partial charge in [-0.25, -0.2) is 0 Å². The molecule has 0 aliphatic heterocycles. The second-order valence-corrected chi connectivity index (χ2v) is 6.91. The van der Waals surface area contributed by atoms with Gasteiger partial charge in [-0.3, -0.25) is 4.79 Å². The lowest BCUT2D eigenvalue weighted by Crippen LogP contribution is -2.51. The molecule has 0 atom stereocenters. The van der Waals surface area contributed by atoms with Crippen LogP contribution in [0.25, 0.3) is 0 Å². The zero-order valence-corrected chi connectivity index (χ0v) is 13.4. The van der Waals surface area contributed by atoms with E-state index in [1.165, 1.54) is 0 Å². The summed E-state index contributed by atoms with van der Waals surface area (Å²) < 4.78 is 0. The highest BCUT2D eigenvalue weighted by Crippen LogP contribution is 2.40. The highest BCUT2D eigenvalue weighted by Gasteiger charge is 2.48. The van der Waals surface area contributed by atoms with Crippen molar-refractivity contribution in [3.63, 3.8) is 0 Å². The first-order valence-corrected chi connectivity index (χ1v) is 8.20. The molecule has 3 N–H and O–H groups in total. The van der Waals surface area contributed by atoms with Crippen LogP contribution in [0.15, 0.2) is 22.7 Å². The SMILES string of the molecule is CC(C)N(Cc1cccs1)C(=O)C1(C(N)=NO)CCCC1. The topological polar surface area (TPSA) is 78.9 Å². The highest BCUT2D eigenvalue weighted by molar-refractivity contribution is 7.09. The Hall–Kier alpha value is -1.56. The highest BCUT2D eigenvalue weighted by atomic mass is 32.1. The van der Waals surface area contributed by atoms with E-state index in [-0.39, 0.29) is 17.8 Å². The summed E-state index contributed by atoms with van der Waals surface area (Å²) in [6, 6.07) is 4.08. The van der Waals surface area contributed by atoms with Crippen LogP contribution in [-0.4, -0.2) is 27.9 Å². The Bertz CT molecular complexity index is 505. The van der Waals surface area contributed by atoms with Crippen molar-refractivity contribution in [3.8, 4) is 0 Å². The maximum absolute atomic E-state index is 13.1. The van der Waals surface area contributed by atoms with Crippen LogP contribution in [0.1, 0.15) is 44.4 Å². The Labute approximate surface area is 129 Å². The molecule has 1 aromatic rings. The first kappa shape index (κ1) is 15.8. The molecule has 1 aliphatic carbocycles. The molecule has 116 valence electrons. The van der Waals surface area contributed by atoms with Crippen LogP contribution >= 0.6 is 11.3 Å². The Morgan fingerprint density at radius 1 is 1.52 bits per heavy atom. The average Bonchev–Trinajstić information content (AvgIpc) is 3.14. The van der Waals surface area contributed by atoms with E-state index < -0.39 is 5.41 Å². The molecule has 1 heterocycles. The molecule has 0 spiro atoms. The predicted molar refractivity (Wildman–Crippen MR) is 84.3 cm³/mol. The fourth-order valence-electron chi connectivity index (χ4n) is 2.99. The van der Waals surface area contributed by atoms with Gasteiger partial charge in [-0.05, 0) is 38.1 Å². The Morgan fingerprint density at radius 2 is 2.19 bits per heavy atom. The minimum absolute atomic E-state index is 0.0151. The molecule has 6 heteroatoms. The van der Waals surface area contributed by atoms with Crippen molar-refractivity contribution < 1.29 is 10.0 Å². The molecule has 0 bridgehead atoms. The summed E-state index contributed by atoms with van der Waals surface area (Å²) in [5.74, 6) is 0.0422. The van der Waals surface area contributed by atoms with E-state index in [9.17, 15) is 4.79 Å². The fourth-order valence-corrected chi connectivity index (χ4v) is 3.69. The molecule has 0 unspecified atom stereocenters. The fraction of sp³-hybridized carbons (Fsp3) is 0.600. The number of hydrogen-bond acceptors (Lipinski definition) is 4. The van der Waals surface area contributed by atoms with Gasteiger partial charge < -0.3 is 15.8 Å². The molecule has 1 fully saturated rings. The van der Waals surface area contributed by atoms with Crippen molar-refractivity contribution in [2.24, 2.45) is 16.3 Å². The van der Waals surface area contributed by atoms with Crippen molar-refractivity contribution in [2.75, 3.05) is 0 Å². The van der Waals surface area contributed by atoms with E-state index in [1.807, 2.05) is 36.3 Å². The molecule has 2 rings (SSSR count). The molecular weight excluding hydrogens is 286 g/mol. The second-order valence-electron chi connectivity index (χ2n) is 5.88. The normalized spacial score (nSPS) is 18.1. The van der Waals surface area contributed by atoms with E-state index in [0.29, 0.717) is 19.4 Å². The van der Waals surface area contributed by atoms with E-state index in [0.717, 1.165) is 17.7 Å². The van der Waals surface area contributed by atoms with Crippen LogP contribution in [0.3, 0.4) is 0 Å². The standard InChI is InChI=1S/C15H23N3O2S/c1-11(2)18(10-12-6-5-9-21-12)14(19)15(13(16)17-20)7-3-4-8-15/h5-6,9,11,20H,3-4,7-8,10H2,1-2H3,(H2,16,17). The lowest BCUT2D eigenvalue weighted by Gasteiger charge is -2.35. The van der Waals surface area contributed by atoms with Gasteiger partial charge in [0.05, 0.1) is 6.54 Å². The van der Waals surface area contributed by atoms with Gasteiger partial charge in [0.25, 0.3) is 0 Å². The van der Waals surface area contributed by atoms with E-state index in [2.05, 4.69) is 5.16 Å². The molecule has 5 nitrogen and oxygen atoms in total. The smallest absolute Gasteiger partial charge is 0.237 e. The van der Waals surface area contributed by atoms with Gasteiger partial charge in [0, 0.05) is 10.9 Å². The first-order valence-electron chi connectivity index (χ1n) is 7.32. The second kappa shape index (κ2) is 6.47. The zero-order valence-electron chi connectivity index (χ0n) is 12.6. The van der Waals surface area contributed by atoms with Crippen LogP contribution < -0.4 is 5.73 Å². The van der Waals surface area contributed by atoms with Crippen molar-refractivity contribution in [3.05, 3.63) is 22.4 Å².